The van der Waals surface area contributed by atoms with Crippen LogP contribution in [0.3, 0.4) is 0 Å². The molecule has 0 unspecified atom stereocenters. The third-order valence-electron chi connectivity index (χ3n) is 9.78. The molecule has 2 N–H and O–H groups in total. The molecule has 44 heavy (non-hydrogen) atoms. The number of benzene rings is 2. The van der Waals surface area contributed by atoms with Crippen molar-refractivity contribution in [1.82, 2.24) is 15.1 Å². The molecule has 8 nitrogen and oxygen atoms in total. The molecular formula is C35H44N4O4S. The highest BCUT2D eigenvalue weighted by molar-refractivity contribution is 7.98. The van der Waals surface area contributed by atoms with Gasteiger partial charge in [-0.15, -0.1) is 11.8 Å². The van der Waals surface area contributed by atoms with E-state index < -0.39 is 29.6 Å². The van der Waals surface area contributed by atoms with Gasteiger partial charge in [-0.05, 0) is 55.8 Å². The summed E-state index contributed by atoms with van der Waals surface area (Å²) in [5.74, 6) is -2.01. The van der Waals surface area contributed by atoms with Crippen molar-refractivity contribution >= 4 is 35.2 Å². The van der Waals surface area contributed by atoms with Crippen molar-refractivity contribution in [3.63, 3.8) is 0 Å². The second-order valence-electron chi connectivity index (χ2n) is 12.5. The molecule has 2 saturated heterocycles. The predicted molar refractivity (Wildman–Crippen MR) is 173 cm³/mol. The van der Waals surface area contributed by atoms with Crippen LogP contribution in [0.1, 0.15) is 51.0 Å². The first-order chi connectivity index (χ1) is 21.4. The molecule has 1 saturated carbocycles. The fourth-order valence-corrected chi connectivity index (χ4v) is 8.08. The average molecular weight is 617 g/mol. The highest BCUT2D eigenvalue weighted by Crippen LogP contribution is 2.55. The van der Waals surface area contributed by atoms with Gasteiger partial charge >= 0.3 is 0 Å². The zero-order valence-corrected chi connectivity index (χ0v) is 26.6. The van der Waals surface area contributed by atoms with Gasteiger partial charge in [-0.3, -0.25) is 19.3 Å². The van der Waals surface area contributed by atoms with Crippen LogP contribution in [-0.4, -0.2) is 77.2 Å². The summed E-state index contributed by atoms with van der Waals surface area (Å²) in [7, 11) is 0. The summed E-state index contributed by atoms with van der Waals surface area (Å²) in [4.78, 5) is 47.3. The summed E-state index contributed by atoms with van der Waals surface area (Å²) < 4.78 is 6.54. The van der Waals surface area contributed by atoms with E-state index in [0.717, 1.165) is 50.2 Å². The molecule has 3 aliphatic heterocycles. The number of thioether (sulfide) groups is 1. The van der Waals surface area contributed by atoms with Crippen LogP contribution in [0.2, 0.25) is 0 Å². The lowest BCUT2D eigenvalue weighted by atomic mass is 9.74. The zero-order chi connectivity index (χ0) is 30.7. The SMILES string of the molecule is CCN(CCCN1C(=O)[C@H]2[C@H](C(=O)Nc3cccc(SC)c3)[C@H]3C=C[C@@]2(O3)[C@@H]1C(=O)NC1CCCCC1)Cc1ccccc1. The molecule has 0 aromatic heterocycles. The minimum absolute atomic E-state index is 0.107. The van der Waals surface area contributed by atoms with Crippen LogP contribution in [0.5, 0.6) is 0 Å². The maximum Gasteiger partial charge on any atom is 0.246 e. The van der Waals surface area contributed by atoms with E-state index in [9.17, 15) is 14.4 Å². The fraction of sp³-hybridized carbons (Fsp3) is 0.514. The number of likely N-dealkylation sites (tertiary alicyclic amines) is 1. The van der Waals surface area contributed by atoms with E-state index in [1.807, 2.05) is 60.9 Å². The summed E-state index contributed by atoms with van der Waals surface area (Å²) in [6.45, 7) is 5.07. The van der Waals surface area contributed by atoms with E-state index in [-0.39, 0.29) is 23.8 Å². The predicted octanol–water partition coefficient (Wildman–Crippen LogP) is 4.86. The summed E-state index contributed by atoms with van der Waals surface area (Å²) >= 11 is 1.60. The van der Waals surface area contributed by atoms with Gasteiger partial charge in [0.1, 0.15) is 11.6 Å². The Morgan fingerprint density at radius 3 is 2.61 bits per heavy atom. The Balaban J connectivity index is 1.22. The Bertz CT molecular complexity index is 1380. The van der Waals surface area contributed by atoms with Gasteiger partial charge in [-0.2, -0.15) is 0 Å². The van der Waals surface area contributed by atoms with Gasteiger partial charge in [0.25, 0.3) is 0 Å². The molecule has 2 aromatic carbocycles. The second-order valence-corrected chi connectivity index (χ2v) is 13.4. The van der Waals surface area contributed by atoms with Crippen LogP contribution >= 0.6 is 11.8 Å². The number of ether oxygens (including phenoxy) is 1. The van der Waals surface area contributed by atoms with Crippen LogP contribution in [0.15, 0.2) is 71.6 Å². The van der Waals surface area contributed by atoms with Crippen LogP contribution < -0.4 is 10.6 Å². The van der Waals surface area contributed by atoms with E-state index in [4.69, 9.17) is 4.74 Å². The van der Waals surface area contributed by atoms with Crippen molar-refractivity contribution in [3.05, 3.63) is 72.3 Å². The maximum atomic E-state index is 14.3. The van der Waals surface area contributed by atoms with Gasteiger partial charge < -0.3 is 20.3 Å². The monoisotopic (exact) mass is 616 g/mol. The Morgan fingerprint density at radius 1 is 1.07 bits per heavy atom. The minimum Gasteiger partial charge on any atom is -0.359 e. The molecule has 0 radical (unpaired) electrons. The molecular weight excluding hydrogens is 572 g/mol. The summed E-state index contributed by atoms with van der Waals surface area (Å²) in [5.41, 5.74) is 0.796. The normalized spacial score (nSPS) is 27.6. The Hall–Kier alpha value is -3.14. The minimum atomic E-state index is -1.14. The number of anilines is 1. The number of carbonyl (C=O) groups is 3. The number of rotatable bonds is 12. The van der Waals surface area contributed by atoms with Crippen molar-refractivity contribution in [3.8, 4) is 0 Å². The quantitative estimate of drug-likeness (QED) is 0.262. The number of carbonyl (C=O) groups excluding carboxylic acids is 3. The third-order valence-corrected chi connectivity index (χ3v) is 10.5. The lowest BCUT2D eigenvalue weighted by Gasteiger charge is -2.34. The van der Waals surface area contributed by atoms with Gasteiger partial charge in [-0.1, -0.05) is 74.7 Å². The summed E-state index contributed by atoms with van der Waals surface area (Å²) in [6, 6.07) is 17.4. The number of hydrogen-bond donors (Lipinski definition) is 2. The van der Waals surface area contributed by atoms with E-state index >= 15 is 0 Å². The molecule has 6 rings (SSSR count). The van der Waals surface area contributed by atoms with Crippen molar-refractivity contribution in [2.75, 3.05) is 31.2 Å². The van der Waals surface area contributed by atoms with Gasteiger partial charge in [-0.25, -0.2) is 0 Å². The topological polar surface area (TPSA) is 91.0 Å². The number of nitrogens with one attached hydrogen (secondary N) is 2. The Morgan fingerprint density at radius 2 is 1.86 bits per heavy atom. The molecule has 2 aromatic rings. The van der Waals surface area contributed by atoms with Gasteiger partial charge in [0.2, 0.25) is 17.7 Å². The number of amides is 3. The molecule has 234 valence electrons. The van der Waals surface area contributed by atoms with Crippen molar-refractivity contribution < 1.29 is 19.1 Å². The first-order valence-electron chi connectivity index (χ1n) is 16.1. The van der Waals surface area contributed by atoms with Gasteiger partial charge in [0.15, 0.2) is 0 Å². The van der Waals surface area contributed by atoms with E-state index in [1.54, 1.807) is 16.7 Å². The second kappa shape index (κ2) is 13.5. The summed E-state index contributed by atoms with van der Waals surface area (Å²) in [6.07, 6.45) is 11.2. The molecule has 1 spiro atoms. The van der Waals surface area contributed by atoms with Crippen LogP contribution in [0.25, 0.3) is 0 Å². The molecule has 1 aliphatic carbocycles. The fourth-order valence-electron chi connectivity index (χ4n) is 7.62. The maximum absolute atomic E-state index is 14.3. The molecule has 3 amide bonds. The Kier molecular flexibility index (Phi) is 9.45. The lowest BCUT2D eigenvalue weighted by Crippen LogP contribution is -2.56. The molecule has 2 bridgehead atoms. The highest BCUT2D eigenvalue weighted by atomic mass is 32.2. The number of fused-ring (bicyclic) bond motifs is 1. The standard InChI is InChI=1S/C35H44N4O4S/c1-3-38(23-24-12-6-4-7-13-24)20-11-21-39-31(33(41)36-25-14-8-5-9-15-25)35-19-18-28(43-35)29(30(35)34(39)42)32(40)37-26-16-10-17-27(22-26)44-2/h4,6-7,10,12-13,16-19,22,25,28-31H,3,5,8-9,11,14-15,20-21,23H2,1-2H3,(H,36,41)(H,37,40)/t28-,29-,30-,31+,35+/m1/s1. The summed E-state index contributed by atoms with van der Waals surface area (Å²) in [5, 5.41) is 6.32. The van der Waals surface area contributed by atoms with Crippen molar-refractivity contribution in [2.24, 2.45) is 11.8 Å². The molecule has 3 fully saturated rings. The van der Waals surface area contributed by atoms with Crippen LogP contribution in [0.4, 0.5) is 5.69 Å². The third kappa shape index (κ3) is 6.06. The highest BCUT2D eigenvalue weighted by Gasteiger charge is 2.72. The molecule has 9 heteroatoms. The Labute approximate surface area is 265 Å². The largest absolute Gasteiger partial charge is 0.359 e. The van der Waals surface area contributed by atoms with Crippen LogP contribution in [0, 0.1) is 11.8 Å². The number of hydrogen-bond acceptors (Lipinski definition) is 6. The molecule has 3 heterocycles. The van der Waals surface area contributed by atoms with E-state index in [1.165, 1.54) is 12.0 Å². The van der Waals surface area contributed by atoms with Crippen molar-refractivity contribution in [2.45, 2.75) is 80.7 Å². The zero-order valence-electron chi connectivity index (χ0n) is 25.7. The lowest BCUT2D eigenvalue weighted by molar-refractivity contribution is -0.141. The molecule has 5 atom stereocenters. The number of nitrogens with zero attached hydrogens (tertiary/aromatic N) is 2. The van der Waals surface area contributed by atoms with E-state index in [0.29, 0.717) is 18.7 Å². The average Bonchev–Trinajstić information content (AvgIpc) is 3.69. The van der Waals surface area contributed by atoms with E-state index in [2.05, 4.69) is 34.6 Å². The smallest absolute Gasteiger partial charge is 0.246 e. The van der Waals surface area contributed by atoms with Gasteiger partial charge in [0.05, 0.1) is 17.9 Å². The van der Waals surface area contributed by atoms with Gasteiger partial charge in [0, 0.05) is 36.3 Å². The van der Waals surface area contributed by atoms with Crippen LogP contribution in [-0.2, 0) is 25.7 Å². The first kappa shape index (κ1) is 30.9. The van der Waals surface area contributed by atoms with Crippen molar-refractivity contribution in [1.29, 1.82) is 0 Å². The first-order valence-corrected chi connectivity index (χ1v) is 17.3. The molecule has 4 aliphatic rings.